The molecule has 3 aromatic rings. The second-order valence-corrected chi connectivity index (χ2v) is 10.1. The van der Waals surface area contributed by atoms with Crippen molar-refractivity contribution in [3.05, 3.63) is 80.9 Å². The lowest BCUT2D eigenvalue weighted by atomic mass is 9.93. The average Bonchev–Trinajstić information content (AvgIpc) is 3.25. The van der Waals surface area contributed by atoms with Crippen molar-refractivity contribution in [2.45, 2.75) is 31.7 Å². The summed E-state index contributed by atoms with van der Waals surface area (Å²) in [6.07, 6.45) is 3.57. The van der Waals surface area contributed by atoms with Crippen molar-refractivity contribution in [3.63, 3.8) is 0 Å². The minimum atomic E-state index is -3.22. The summed E-state index contributed by atoms with van der Waals surface area (Å²) >= 11 is 19.5. The van der Waals surface area contributed by atoms with Crippen molar-refractivity contribution in [2.24, 2.45) is 5.92 Å². The van der Waals surface area contributed by atoms with Crippen LogP contribution >= 0.6 is 34.8 Å². The second kappa shape index (κ2) is 10.4. The first-order valence-electron chi connectivity index (χ1n) is 11.3. The Morgan fingerprint density at radius 1 is 1.11 bits per heavy atom. The van der Waals surface area contributed by atoms with Gasteiger partial charge in [-0.3, -0.25) is 9.59 Å². The maximum atomic E-state index is 14.1. The first-order valence-corrected chi connectivity index (χ1v) is 12.4. The molecule has 36 heavy (non-hydrogen) atoms. The van der Waals surface area contributed by atoms with Gasteiger partial charge < -0.3 is 14.6 Å². The number of allylic oxidation sites excluding steroid dienone is 1. The number of carbonyl (C=O) groups excluding carboxylic acids is 1. The van der Waals surface area contributed by atoms with Crippen LogP contribution in [0.4, 0.5) is 8.78 Å². The molecular formula is C26H23Cl3F2N2O3. The van der Waals surface area contributed by atoms with Crippen LogP contribution in [0.5, 0.6) is 0 Å². The van der Waals surface area contributed by atoms with E-state index in [4.69, 9.17) is 39.9 Å². The standard InChI is InChI=1S/C26H23Cl3F2N2O3/c1-2-26(30,31)17-12-16-7-10-33(24(16)21(28)13-17)14-19-20(27)4-3-18(23(19)29)25(36)32-8-5-15(6-9-32)11-22(34)35/h2-4,7,10,12-13,15H,1,5-6,8-9,11,14H2,(H,34,35). The normalized spacial score (nSPS) is 14.9. The van der Waals surface area contributed by atoms with Gasteiger partial charge in [-0.25, -0.2) is 0 Å². The molecule has 1 aliphatic heterocycles. The third kappa shape index (κ3) is 5.24. The molecule has 0 unspecified atom stereocenters. The largest absolute Gasteiger partial charge is 0.481 e. The molecule has 4 rings (SSSR count). The van der Waals surface area contributed by atoms with Gasteiger partial charge in [-0.15, -0.1) is 0 Å². The number of nitrogens with zero attached hydrogens (tertiary/aromatic N) is 2. The molecule has 0 bridgehead atoms. The molecule has 0 radical (unpaired) electrons. The van der Waals surface area contributed by atoms with Crippen LogP contribution in [0.25, 0.3) is 10.9 Å². The maximum absolute atomic E-state index is 14.1. The van der Waals surface area contributed by atoms with Crippen LogP contribution in [-0.4, -0.2) is 39.5 Å². The van der Waals surface area contributed by atoms with E-state index < -0.39 is 11.9 Å². The van der Waals surface area contributed by atoms with Crippen molar-refractivity contribution < 1.29 is 23.5 Å². The summed E-state index contributed by atoms with van der Waals surface area (Å²) in [5.41, 5.74) is 1.07. The molecule has 0 saturated carbocycles. The fourth-order valence-corrected chi connectivity index (χ4v) is 5.48. The molecule has 1 fully saturated rings. The van der Waals surface area contributed by atoms with E-state index >= 15 is 0 Å². The highest BCUT2D eigenvalue weighted by Gasteiger charge is 2.29. The van der Waals surface area contributed by atoms with Crippen LogP contribution in [0, 0.1) is 5.92 Å². The highest BCUT2D eigenvalue weighted by atomic mass is 35.5. The number of rotatable bonds is 7. The number of fused-ring (bicyclic) bond motifs is 1. The average molecular weight is 556 g/mol. The van der Waals surface area contributed by atoms with Gasteiger partial charge in [-0.05, 0) is 55.2 Å². The van der Waals surface area contributed by atoms with Crippen LogP contribution in [0.15, 0.2) is 49.2 Å². The van der Waals surface area contributed by atoms with Gasteiger partial charge in [-0.1, -0.05) is 41.4 Å². The number of alkyl halides is 2. The van der Waals surface area contributed by atoms with E-state index in [0.29, 0.717) is 59.1 Å². The van der Waals surface area contributed by atoms with Gasteiger partial charge >= 0.3 is 5.97 Å². The lowest BCUT2D eigenvalue weighted by molar-refractivity contribution is -0.138. The van der Waals surface area contributed by atoms with E-state index in [9.17, 15) is 18.4 Å². The predicted molar refractivity (Wildman–Crippen MR) is 137 cm³/mol. The van der Waals surface area contributed by atoms with Gasteiger partial charge in [0, 0.05) is 47.2 Å². The number of hydrogen-bond donors (Lipinski definition) is 1. The number of carboxylic acids is 1. The smallest absolute Gasteiger partial charge is 0.303 e. The van der Waals surface area contributed by atoms with Gasteiger partial charge in [-0.2, -0.15) is 8.78 Å². The molecule has 1 aliphatic rings. The summed E-state index contributed by atoms with van der Waals surface area (Å²) in [4.78, 5) is 25.9. The molecule has 190 valence electrons. The lowest BCUT2D eigenvalue weighted by Crippen LogP contribution is -2.39. The SMILES string of the molecule is C=CC(F)(F)c1cc(Cl)c2c(ccn2Cc2c(Cl)ccc(C(=O)N3CCC(CC(=O)O)CC3)c2Cl)c1. The van der Waals surface area contributed by atoms with Crippen molar-refractivity contribution >= 4 is 57.6 Å². The molecule has 0 atom stereocenters. The number of benzene rings is 2. The van der Waals surface area contributed by atoms with Crippen molar-refractivity contribution in [2.75, 3.05) is 13.1 Å². The van der Waals surface area contributed by atoms with Gasteiger partial charge in [0.1, 0.15) is 0 Å². The number of carbonyl (C=O) groups is 2. The van der Waals surface area contributed by atoms with Crippen LogP contribution in [-0.2, 0) is 17.3 Å². The van der Waals surface area contributed by atoms with E-state index in [-0.39, 0.29) is 40.4 Å². The van der Waals surface area contributed by atoms with E-state index in [1.807, 2.05) is 0 Å². The lowest BCUT2D eigenvalue weighted by Gasteiger charge is -2.31. The van der Waals surface area contributed by atoms with Gasteiger partial charge in [0.15, 0.2) is 0 Å². The second-order valence-electron chi connectivity index (χ2n) is 8.89. The number of hydrogen-bond acceptors (Lipinski definition) is 2. The summed E-state index contributed by atoms with van der Waals surface area (Å²) < 4.78 is 30.0. The number of aliphatic carboxylic acids is 1. The molecule has 1 aromatic heterocycles. The maximum Gasteiger partial charge on any atom is 0.303 e. The number of piperidine rings is 1. The summed E-state index contributed by atoms with van der Waals surface area (Å²) in [6.45, 7) is 4.24. The predicted octanol–water partition coefficient (Wildman–Crippen LogP) is 7.25. The first kappa shape index (κ1) is 26.5. The topological polar surface area (TPSA) is 62.5 Å². The molecule has 1 saturated heterocycles. The highest BCUT2D eigenvalue weighted by Crippen LogP contribution is 2.37. The Morgan fingerprint density at radius 3 is 2.44 bits per heavy atom. The quantitative estimate of drug-likeness (QED) is 0.312. The van der Waals surface area contributed by atoms with Crippen molar-refractivity contribution in [1.29, 1.82) is 0 Å². The van der Waals surface area contributed by atoms with E-state index in [2.05, 4.69) is 6.58 Å². The van der Waals surface area contributed by atoms with E-state index in [1.54, 1.807) is 33.9 Å². The zero-order chi connectivity index (χ0) is 26.2. The molecule has 2 aromatic carbocycles. The fraction of sp³-hybridized carbons (Fsp3) is 0.308. The fourth-order valence-electron chi connectivity index (χ4n) is 4.57. The summed E-state index contributed by atoms with van der Waals surface area (Å²) in [6, 6.07) is 7.41. The van der Waals surface area contributed by atoms with E-state index in [0.717, 1.165) is 0 Å². The minimum Gasteiger partial charge on any atom is -0.481 e. The summed E-state index contributed by atoms with van der Waals surface area (Å²) in [5, 5.41) is 10.2. The summed E-state index contributed by atoms with van der Waals surface area (Å²) in [5.74, 6) is -4.27. The molecule has 0 aliphatic carbocycles. The third-order valence-electron chi connectivity index (χ3n) is 6.57. The Morgan fingerprint density at radius 2 is 1.81 bits per heavy atom. The highest BCUT2D eigenvalue weighted by molar-refractivity contribution is 6.38. The molecule has 5 nitrogen and oxygen atoms in total. The Bertz CT molecular complexity index is 1350. The molecular weight excluding hydrogens is 533 g/mol. The number of likely N-dealkylation sites (tertiary alicyclic amines) is 1. The van der Waals surface area contributed by atoms with Gasteiger partial charge in [0.2, 0.25) is 0 Å². The van der Waals surface area contributed by atoms with Gasteiger partial charge in [0.25, 0.3) is 11.8 Å². The monoisotopic (exact) mass is 554 g/mol. The Kier molecular flexibility index (Phi) is 7.64. The Hall–Kier alpha value is -2.61. The number of aromatic nitrogens is 1. The number of halogens is 5. The Labute approximate surface area is 221 Å². The first-order chi connectivity index (χ1) is 17.0. The molecule has 1 amide bonds. The van der Waals surface area contributed by atoms with Crippen LogP contribution < -0.4 is 0 Å². The molecule has 10 heteroatoms. The van der Waals surface area contributed by atoms with Crippen LogP contribution in [0.1, 0.15) is 40.7 Å². The van der Waals surface area contributed by atoms with Gasteiger partial charge in [0.05, 0.1) is 27.7 Å². The van der Waals surface area contributed by atoms with Crippen LogP contribution in [0.3, 0.4) is 0 Å². The van der Waals surface area contributed by atoms with Crippen molar-refractivity contribution in [1.82, 2.24) is 9.47 Å². The number of carboxylic acid groups (broad SMARTS) is 1. The van der Waals surface area contributed by atoms with Crippen LogP contribution in [0.2, 0.25) is 15.1 Å². The molecule has 0 spiro atoms. The Balaban J connectivity index is 1.61. The molecule has 2 heterocycles. The zero-order valence-electron chi connectivity index (χ0n) is 19.1. The summed E-state index contributed by atoms with van der Waals surface area (Å²) in [7, 11) is 0. The minimum absolute atomic E-state index is 0.0431. The van der Waals surface area contributed by atoms with E-state index in [1.165, 1.54) is 12.1 Å². The van der Waals surface area contributed by atoms with Crippen molar-refractivity contribution in [3.8, 4) is 0 Å². The zero-order valence-corrected chi connectivity index (χ0v) is 21.4. The molecule has 1 N–H and O–H groups in total. The third-order valence-corrected chi connectivity index (χ3v) is 7.64. The number of amides is 1.